The average Bonchev–Trinajstić information content (AvgIpc) is 2.52. The predicted octanol–water partition coefficient (Wildman–Crippen LogP) is 1.16. The Morgan fingerprint density at radius 1 is 1.17 bits per heavy atom. The first kappa shape index (κ1) is 19.6. The summed E-state index contributed by atoms with van der Waals surface area (Å²) < 4.78 is 26.9. The van der Waals surface area contributed by atoms with Crippen LogP contribution >= 0.6 is 0 Å². The van der Waals surface area contributed by atoms with E-state index in [-0.39, 0.29) is 23.8 Å². The number of hydrogen-bond donors (Lipinski definition) is 2. The molecule has 1 aromatic rings. The zero-order valence-corrected chi connectivity index (χ0v) is 15.1. The van der Waals surface area contributed by atoms with Gasteiger partial charge in [-0.25, -0.2) is 13.1 Å². The third-order valence-corrected chi connectivity index (χ3v) is 5.09. The van der Waals surface area contributed by atoms with E-state index in [0.717, 1.165) is 5.56 Å². The van der Waals surface area contributed by atoms with Gasteiger partial charge in [-0.2, -0.15) is 0 Å². The van der Waals surface area contributed by atoms with Gasteiger partial charge in [0.25, 0.3) is 0 Å². The lowest BCUT2D eigenvalue weighted by Gasteiger charge is -2.17. The van der Waals surface area contributed by atoms with E-state index in [1.807, 2.05) is 19.2 Å². The van der Waals surface area contributed by atoms with E-state index in [0.29, 0.717) is 19.0 Å². The molecule has 0 saturated heterocycles. The molecule has 0 spiro atoms. The minimum Gasteiger partial charge on any atom is -0.344 e. The van der Waals surface area contributed by atoms with Gasteiger partial charge in [-0.3, -0.25) is 4.79 Å². The molecule has 1 amide bonds. The predicted molar refractivity (Wildman–Crippen MR) is 91.9 cm³/mol. The second kappa shape index (κ2) is 9.00. The van der Waals surface area contributed by atoms with Gasteiger partial charge in [0.1, 0.15) is 0 Å². The monoisotopic (exact) mass is 341 g/mol. The molecule has 0 aliphatic heterocycles. The highest BCUT2D eigenvalue weighted by Gasteiger charge is 2.15. The number of benzene rings is 1. The van der Waals surface area contributed by atoms with Crippen LogP contribution in [0.4, 0.5) is 0 Å². The highest BCUT2D eigenvalue weighted by molar-refractivity contribution is 7.89. The number of carbonyl (C=O) groups excluding carboxylic acids is 1. The van der Waals surface area contributed by atoms with Gasteiger partial charge in [-0.15, -0.1) is 0 Å². The first-order chi connectivity index (χ1) is 10.8. The molecule has 0 radical (unpaired) electrons. The Labute approximate surface area is 139 Å². The third-order valence-electron chi connectivity index (χ3n) is 3.61. The summed E-state index contributed by atoms with van der Waals surface area (Å²) in [5.41, 5.74) is 1.09. The number of hydrogen-bond acceptors (Lipinski definition) is 4. The Bertz CT molecular complexity index is 598. The van der Waals surface area contributed by atoms with Gasteiger partial charge in [-0.1, -0.05) is 26.0 Å². The second-order valence-electron chi connectivity index (χ2n) is 5.79. The maximum atomic E-state index is 12.2. The summed E-state index contributed by atoms with van der Waals surface area (Å²) in [6.45, 7) is 5.50. The molecule has 0 unspecified atom stereocenters. The second-order valence-corrected chi connectivity index (χ2v) is 7.56. The fourth-order valence-electron chi connectivity index (χ4n) is 2.00. The van der Waals surface area contributed by atoms with Crippen LogP contribution in [0.15, 0.2) is 29.2 Å². The highest BCUT2D eigenvalue weighted by Crippen LogP contribution is 2.17. The van der Waals surface area contributed by atoms with Crippen molar-refractivity contribution in [2.45, 2.75) is 31.1 Å². The molecule has 0 aliphatic rings. The minimum atomic E-state index is -3.57. The molecular formula is C16H27N3O3S. The standard InChI is InChI=1S/C16H27N3O3S/c1-13(2)14-5-7-15(8-6-14)23(21,22)18-10-9-16(20)19(4)12-11-17-3/h5-8,13,17-18H,9-12H2,1-4H3. The van der Waals surface area contributed by atoms with E-state index in [4.69, 9.17) is 0 Å². The number of sulfonamides is 1. The molecule has 0 saturated carbocycles. The largest absolute Gasteiger partial charge is 0.344 e. The number of amides is 1. The zero-order chi connectivity index (χ0) is 17.5. The van der Waals surface area contributed by atoms with E-state index in [9.17, 15) is 13.2 Å². The Kier molecular flexibility index (Phi) is 7.67. The number of carbonyl (C=O) groups is 1. The van der Waals surface area contributed by atoms with E-state index in [2.05, 4.69) is 23.9 Å². The van der Waals surface area contributed by atoms with Gasteiger partial charge in [-0.05, 0) is 30.7 Å². The van der Waals surface area contributed by atoms with Crippen LogP contribution in [0.5, 0.6) is 0 Å². The smallest absolute Gasteiger partial charge is 0.240 e. The normalized spacial score (nSPS) is 11.7. The topological polar surface area (TPSA) is 78.5 Å². The molecule has 1 aromatic carbocycles. The van der Waals surface area contributed by atoms with E-state index in [1.54, 1.807) is 24.1 Å². The maximum Gasteiger partial charge on any atom is 0.240 e. The first-order valence-corrected chi connectivity index (χ1v) is 9.24. The molecule has 0 fully saturated rings. The molecule has 0 atom stereocenters. The van der Waals surface area contributed by atoms with Crippen molar-refractivity contribution in [1.82, 2.24) is 14.9 Å². The summed E-state index contributed by atoms with van der Waals surface area (Å²) in [7, 11) is -0.0505. The van der Waals surface area contributed by atoms with Crippen molar-refractivity contribution in [3.05, 3.63) is 29.8 Å². The Morgan fingerprint density at radius 3 is 2.30 bits per heavy atom. The van der Waals surface area contributed by atoms with Crippen molar-refractivity contribution in [3.8, 4) is 0 Å². The molecule has 2 N–H and O–H groups in total. The van der Waals surface area contributed by atoms with Crippen molar-refractivity contribution >= 4 is 15.9 Å². The van der Waals surface area contributed by atoms with Crippen molar-refractivity contribution in [2.75, 3.05) is 33.7 Å². The molecule has 7 heteroatoms. The fraction of sp³-hybridized carbons (Fsp3) is 0.562. The van der Waals surface area contributed by atoms with Gasteiger partial charge < -0.3 is 10.2 Å². The van der Waals surface area contributed by atoms with Crippen LogP contribution in [0, 0.1) is 0 Å². The van der Waals surface area contributed by atoms with Gasteiger partial charge in [0.15, 0.2) is 0 Å². The van der Waals surface area contributed by atoms with Crippen LogP contribution < -0.4 is 10.0 Å². The molecule has 0 aromatic heterocycles. The maximum absolute atomic E-state index is 12.2. The van der Waals surface area contributed by atoms with Crippen LogP contribution in [0.1, 0.15) is 31.7 Å². The SMILES string of the molecule is CNCCN(C)C(=O)CCNS(=O)(=O)c1ccc(C(C)C)cc1. The van der Waals surface area contributed by atoms with Crippen molar-refractivity contribution in [3.63, 3.8) is 0 Å². The number of likely N-dealkylation sites (N-methyl/N-ethyl adjacent to an activating group) is 2. The van der Waals surface area contributed by atoms with Gasteiger partial charge in [0.2, 0.25) is 15.9 Å². The quantitative estimate of drug-likeness (QED) is 0.706. The lowest BCUT2D eigenvalue weighted by atomic mass is 10.0. The first-order valence-electron chi connectivity index (χ1n) is 7.76. The summed E-state index contributed by atoms with van der Waals surface area (Å²) in [6, 6.07) is 6.82. The van der Waals surface area contributed by atoms with Gasteiger partial charge in [0.05, 0.1) is 4.90 Å². The Hall–Kier alpha value is -1.44. The molecule has 0 aliphatic carbocycles. The molecule has 0 bridgehead atoms. The van der Waals surface area contributed by atoms with Crippen LogP contribution in [-0.2, 0) is 14.8 Å². The number of rotatable bonds is 9. The summed E-state index contributed by atoms with van der Waals surface area (Å²) in [6.07, 6.45) is 0.142. The van der Waals surface area contributed by atoms with Gasteiger partial charge >= 0.3 is 0 Å². The number of nitrogens with one attached hydrogen (secondary N) is 2. The van der Waals surface area contributed by atoms with Crippen LogP contribution in [-0.4, -0.2) is 53.0 Å². The number of nitrogens with zero attached hydrogens (tertiary/aromatic N) is 1. The lowest BCUT2D eigenvalue weighted by Crippen LogP contribution is -2.35. The fourth-order valence-corrected chi connectivity index (χ4v) is 3.03. The minimum absolute atomic E-state index is 0.0851. The Morgan fingerprint density at radius 2 is 1.78 bits per heavy atom. The van der Waals surface area contributed by atoms with Crippen molar-refractivity contribution in [2.24, 2.45) is 0 Å². The summed E-state index contributed by atoms with van der Waals surface area (Å²) in [5.74, 6) is 0.267. The zero-order valence-electron chi connectivity index (χ0n) is 14.3. The van der Waals surface area contributed by atoms with Crippen LogP contribution in [0.25, 0.3) is 0 Å². The third kappa shape index (κ3) is 6.29. The van der Waals surface area contributed by atoms with Crippen LogP contribution in [0.2, 0.25) is 0 Å². The van der Waals surface area contributed by atoms with Crippen LogP contribution in [0.3, 0.4) is 0 Å². The highest BCUT2D eigenvalue weighted by atomic mass is 32.2. The van der Waals surface area contributed by atoms with E-state index < -0.39 is 10.0 Å². The van der Waals surface area contributed by atoms with Crippen molar-refractivity contribution in [1.29, 1.82) is 0 Å². The summed E-state index contributed by atoms with van der Waals surface area (Å²) in [4.78, 5) is 13.7. The summed E-state index contributed by atoms with van der Waals surface area (Å²) >= 11 is 0. The molecule has 1 rings (SSSR count). The molecule has 130 valence electrons. The Balaban J connectivity index is 2.54. The van der Waals surface area contributed by atoms with Crippen molar-refractivity contribution < 1.29 is 13.2 Å². The molecule has 6 nitrogen and oxygen atoms in total. The summed E-state index contributed by atoms with van der Waals surface area (Å²) in [5, 5.41) is 2.96. The molecule has 0 heterocycles. The van der Waals surface area contributed by atoms with E-state index >= 15 is 0 Å². The molecule has 23 heavy (non-hydrogen) atoms. The lowest BCUT2D eigenvalue weighted by molar-refractivity contribution is -0.129. The average molecular weight is 341 g/mol. The van der Waals surface area contributed by atoms with Gasteiger partial charge in [0, 0.05) is 33.1 Å². The van der Waals surface area contributed by atoms with E-state index in [1.165, 1.54) is 0 Å². The molecular weight excluding hydrogens is 314 g/mol.